The zero-order chi connectivity index (χ0) is 46.5. The van der Waals surface area contributed by atoms with E-state index >= 15 is 0 Å². The number of rotatable bonds is 23. The molecular formula is C52H69N5O7. The maximum absolute atomic E-state index is 10.1. The van der Waals surface area contributed by atoms with Gasteiger partial charge in [0.2, 0.25) is 0 Å². The van der Waals surface area contributed by atoms with E-state index in [0.717, 1.165) is 57.0 Å². The molecule has 344 valence electrons. The number of carbonyl (C=O) groups is 1. The van der Waals surface area contributed by atoms with Crippen molar-refractivity contribution >= 4 is 46.9 Å². The van der Waals surface area contributed by atoms with Crippen molar-refractivity contribution in [3.05, 3.63) is 162 Å². The van der Waals surface area contributed by atoms with Crippen LogP contribution >= 0.6 is 0 Å². The maximum atomic E-state index is 10.1. The minimum Gasteiger partial charge on any atom is -0.395 e. The molecule has 0 spiro atoms. The van der Waals surface area contributed by atoms with Crippen molar-refractivity contribution in [3.8, 4) is 0 Å². The summed E-state index contributed by atoms with van der Waals surface area (Å²) in [5.74, 6) is -0.0000995. The van der Waals surface area contributed by atoms with Crippen LogP contribution in [-0.2, 0) is 4.79 Å². The zero-order valence-electron chi connectivity index (χ0n) is 37.9. The number of aldehydes is 1. The maximum Gasteiger partial charge on any atom is 0.142 e. The Morgan fingerprint density at radius 2 is 0.719 bits per heavy atom. The van der Waals surface area contributed by atoms with Crippen LogP contribution in [0.15, 0.2) is 140 Å². The Kier molecular flexibility index (Phi) is 24.7. The molecular weight excluding hydrogens is 807 g/mol. The molecule has 0 bridgehead atoms. The van der Waals surface area contributed by atoms with E-state index in [9.17, 15) is 25.2 Å². The van der Waals surface area contributed by atoms with E-state index in [0.29, 0.717) is 39.3 Å². The number of aliphatic hydroxyl groups is 6. The Balaban J connectivity index is 0.000000338. The highest BCUT2D eigenvalue weighted by molar-refractivity contribution is 5.74. The number of hydrogen-bond acceptors (Lipinski definition) is 12. The molecule has 0 fully saturated rings. The van der Waals surface area contributed by atoms with Gasteiger partial charge in [-0.3, -0.25) is 4.79 Å². The molecule has 0 aliphatic carbocycles. The van der Waals surface area contributed by atoms with Gasteiger partial charge < -0.3 is 55.1 Å². The summed E-state index contributed by atoms with van der Waals surface area (Å²) in [5.41, 5.74) is 9.65. The molecule has 0 heterocycles. The van der Waals surface area contributed by atoms with Gasteiger partial charge in [0.15, 0.2) is 0 Å². The molecule has 0 saturated heterocycles. The molecule has 12 nitrogen and oxygen atoms in total. The molecule has 0 saturated carbocycles. The molecule has 0 aliphatic heterocycles. The van der Waals surface area contributed by atoms with Gasteiger partial charge in [-0.25, -0.2) is 0 Å². The zero-order valence-corrected chi connectivity index (χ0v) is 37.9. The number of allylic oxidation sites excluding steroid dienone is 2. The molecule has 64 heavy (non-hydrogen) atoms. The van der Waals surface area contributed by atoms with Crippen molar-refractivity contribution in [2.24, 2.45) is 0 Å². The van der Waals surface area contributed by atoms with Crippen molar-refractivity contribution in [2.45, 2.75) is 5.92 Å². The second kappa shape index (κ2) is 30.2. The molecule has 12 heteroatoms. The summed E-state index contributed by atoms with van der Waals surface area (Å²) < 4.78 is 0. The second-order valence-electron chi connectivity index (χ2n) is 15.1. The summed E-state index contributed by atoms with van der Waals surface area (Å²) in [7, 11) is 8.05. The smallest absolute Gasteiger partial charge is 0.142 e. The van der Waals surface area contributed by atoms with Gasteiger partial charge in [0, 0.05) is 102 Å². The van der Waals surface area contributed by atoms with E-state index in [1.807, 2.05) is 127 Å². The average Bonchev–Trinajstić information content (AvgIpc) is 3.32. The molecule has 5 rings (SSSR count). The van der Waals surface area contributed by atoms with E-state index in [-0.39, 0.29) is 45.6 Å². The number of anilines is 5. The Labute approximate surface area is 380 Å². The van der Waals surface area contributed by atoms with Crippen LogP contribution in [0.1, 0.15) is 28.2 Å². The fourth-order valence-electron chi connectivity index (χ4n) is 6.80. The number of hydrogen-bond donors (Lipinski definition) is 6. The summed E-state index contributed by atoms with van der Waals surface area (Å²) in [5, 5.41) is 55.2. The van der Waals surface area contributed by atoms with Crippen molar-refractivity contribution in [1.29, 1.82) is 0 Å². The lowest BCUT2D eigenvalue weighted by atomic mass is 9.90. The fourth-order valence-corrected chi connectivity index (χ4v) is 6.80. The minimum absolute atomic E-state index is 0.0000995. The molecule has 0 atom stereocenters. The molecule has 0 radical (unpaired) electrons. The van der Waals surface area contributed by atoms with Crippen LogP contribution in [0.2, 0.25) is 0 Å². The largest absolute Gasteiger partial charge is 0.395 e. The number of carbonyl (C=O) groups excluding carboxylic acids is 1. The van der Waals surface area contributed by atoms with Crippen LogP contribution in [0.4, 0.5) is 28.4 Å². The summed E-state index contributed by atoms with van der Waals surface area (Å²) >= 11 is 0. The third kappa shape index (κ3) is 18.0. The third-order valence-corrected chi connectivity index (χ3v) is 10.2. The van der Waals surface area contributed by atoms with Crippen molar-refractivity contribution in [1.82, 2.24) is 0 Å². The van der Waals surface area contributed by atoms with Gasteiger partial charge in [-0.05, 0) is 89.0 Å². The van der Waals surface area contributed by atoms with Gasteiger partial charge in [-0.1, -0.05) is 85.0 Å². The summed E-state index contributed by atoms with van der Waals surface area (Å²) in [6.45, 7) is 3.28. The Hall–Kier alpha value is -5.99. The molecule has 0 aromatic heterocycles. The second-order valence-corrected chi connectivity index (χ2v) is 15.1. The van der Waals surface area contributed by atoms with Crippen LogP contribution in [0.25, 0.3) is 12.2 Å². The van der Waals surface area contributed by atoms with Crippen LogP contribution in [0.5, 0.6) is 0 Å². The average molecular weight is 876 g/mol. The summed E-state index contributed by atoms with van der Waals surface area (Å²) in [6.07, 6.45) is 8.39. The SMILES string of the molecule is CN(C)c1ccc(/C=C/C(c2ccc(N(CCO)CCO)cc2)c2ccc(N(CCO)CCO)cc2)cc1.CN(C)c1ccc(/C=C/C=O)cc1.OCCN(CCO)c1ccccc1. The van der Waals surface area contributed by atoms with Gasteiger partial charge in [0.05, 0.1) is 39.6 Å². The Morgan fingerprint density at radius 1 is 0.406 bits per heavy atom. The Morgan fingerprint density at radius 3 is 1.03 bits per heavy atom. The number of benzene rings is 5. The summed E-state index contributed by atoms with van der Waals surface area (Å²) in [4.78, 5) is 20.0. The predicted octanol–water partition coefficient (Wildman–Crippen LogP) is 5.62. The predicted molar refractivity (Wildman–Crippen MR) is 266 cm³/mol. The van der Waals surface area contributed by atoms with Crippen LogP contribution < -0.4 is 24.5 Å². The van der Waals surface area contributed by atoms with E-state index in [2.05, 4.69) is 65.6 Å². The number of para-hydroxylation sites is 1. The lowest BCUT2D eigenvalue weighted by molar-refractivity contribution is -0.104. The first-order valence-corrected chi connectivity index (χ1v) is 21.6. The van der Waals surface area contributed by atoms with Gasteiger partial charge in [-0.15, -0.1) is 0 Å². The lowest BCUT2D eigenvalue weighted by Crippen LogP contribution is -2.29. The van der Waals surface area contributed by atoms with Gasteiger partial charge in [-0.2, -0.15) is 0 Å². The first-order valence-electron chi connectivity index (χ1n) is 21.6. The molecule has 5 aromatic carbocycles. The quantitative estimate of drug-likeness (QED) is 0.0357. The highest BCUT2D eigenvalue weighted by atomic mass is 16.3. The van der Waals surface area contributed by atoms with E-state index in [4.69, 9.17) is 10.2 Å². The lowest BCUT2D eigenvalue weighted by Gasteiger charge is -2.25. The monoisotopic (exact) mass is 876 g/mol. The molecule has 0 amide bonds. The van der Waals surface area contributed by atoms with Crippen LogP contribution in [-0.4, -0.2) is 144 Å². The standard InChI is InChI=1S/C31H41N3O4.C11H13NO.C10H15NO2/c1-32(2)28-10-3-25(4-11-28)5-16-31(26-6-12-29(13-7-26)33(17-21-35)18-22-36)27-8-14-30(15-9-27)34(19-23-37)20-24-38;1-12(2)11-7-5-10(6-8-11)4-3-9-13;12-8-6-11(7-9-13)10-4-2-1-3-5-10/h3-16,31,35-38H,17-24H2,1-2H3;3-9H,1-2H3;1-5,12-13H,6-9H2/b16-5+;4-3+;. The normalized spacial score (nSPS) is 10.9. The number of aliphatic hydroxyl groups excluding tert-OH is 6. The molecule has 0 aliphatic rings. The van der Waals surface area contributed by atoms with Crippen molar-refractivity contribution in [3.63, 3.8) is 0 Å². The molecule has 6 N–H and O–H groups in total. The molecule has 5 aromatic rings. The fraction of sp³-hybridized carbons (Fsp3) is 0.327. The topological polar surface area (TPSA) is 155 Å². The highest BCUT2D eigenvalue weighted by Gasteiger charge is 2.14. The van der Waals surface area contributed by atoms with Gasteiger partial charge in [0.1, 0.15) is 6.29 Å². The van der Waals surface area contributed by atoms with E-state index in [1.54, 1.807) is 6.08 Å². The van der Waals surface area contributed by atoms with E-state index < -0.39 is 0 Å². The van der Waals surface area contributed by atoms with Crippen molar-refractivity contribution < 1.29 is 35.4 Å². The third-order valence-electron chi connectivity index (χ3n) is 10.2. The highest BCUT2D eigenvalue weighted by Crippen LogP contribution is 2.31. The van der Waals surface area contributed by atoms with Gasteiger partial charge >= 0.3 is 0 Å². The van der Waals surface area contributed by atoms with E-state index in [1.165, 1.54) is 6.08 Å². The first-order chi connectivity index (χ1) is 31.1. The number of nitrogens with zero attached hydrogens (tertiary/aromatic N) is 5. The van der Waals surface area contributed by atoms with Crippen LogP contribution in [0, 0.1) is 0 Å². The first kappa shape index (κ1) is 52.4. The Bertz CT molecular complexity index is 1950. The van der Waals surface area contributed by atoms with Crippen molar-refractivity contribution in [2.75, 3.05) is 132 Å². The summed E-state index contributed by atoms with van der Waals surface area (Å²) in [6, 6.07) is 42.7. The van der Waals surface area contributed by atoms with Crippen LogP contribution in [0.3, 0.4) is 0 Å². The molecule has 0 unspecified atom stereocenters. The minimum atomic E-state index is -0.0000995. The van der Waals surface area contributed by atoms with Gasteiger partial charge in [0.25, 0.3) is 0 Å².